The van der Waals surface area contributed by atoms with Crippen molar-refractivity contribution < 1.29 is 9.53 Å². The molecule has 1 aliphatic heterocycles. The Balaban J connectivity index is 1.94. The fraction of sp³-hybridized carbons (Fsp3) is 0.643. The van der Waals surface area contributed by atoms with Crippen LogP contribution in [0.2, 0.25) is 0 Å². The molecule has 0 aromatic carbocycles. The Morgan fingerprint density at radius 2 is 2.25 bits per heavy atom. The van der Waals surface area contributed by atoms with Crippen LogP contribution in [0.1, 0.15) is 44.1 Å². The summed E-state index contributed by atoms with van der Waals surface area (Å²) in [6, 6.07) is 0.126. The van der Waals surface area contributed by atoms with Crippen LogP contribution < -0.4 is 10.6 Å². The number of ether oxygens (including phenoxy) is 1. The second-order valence-electron chi connectivity index (χ2n) is 5.59. The van der Waals surface area contributed by atoms with E-state index in [9.17, 15) is 4.79 Å². The fourth-order valence-electron chi connectivity index (χ4n) is 2.33. The van der Waals surface area contributed by atoms with E-state index >= 15 is 0 Å². The first-order chi connectivity index (χ1) is 9.50. The van der Waals surface area contributed by atoms with Crippen LogP contribution in [0.5, 0.6) is 0 Å². The highest BCUT2D eigenvalue weighted by Crippen LogP contribution is 2.24. The number of carbonyl (C=O) groups excluding carboxylic acids is 1. The molecule has 0 radical (unpaired) electrons. The van der Waals surface area contributed by atoms with Crippen molar-refractivity contribution in [2.75, 3.05) is 18.5 Å². The van der Waals surface area contributed by atoms with E-state index in [0.29, 0.717) is 18.1 Å². The molecule has 110 valence electrons. The van der Waals surface area contributed by atoms with Gasteiger partial charge in [0.15, 0.2) is 0 Å². The van der Waals surface area contributed by atoms with Crippen LogP contribution in [-0.2, 0) is 4.74 Å². The molecule has 20 heavy (non-hydrogen) atoms. The van der Waals surface area contributed by atoms with Gasteiger partial charge in [-0.3, -0.25) is 4.79 Å². The van der Waals surface area contributed by atoms with Crippen molar-refractivity contribution in [3.63, 3.8) is 0 Å². The van der Waals surface area contributed by atoms with E-state index in [-0.39, 0.29) is 17.6 Å². The summed E-state index contributed by atoms with van der Waals surface area (Å²) < 4.78 is 5.64. The quantitative estimate of drug-likeness (QED) is 0.875. The summed E-state index contributed by atoms with van der Waals surface area (Å²) in [4.78, 5) is 20.4. The summed E-state index contributed by atoms with van der Waals surface area (Å²) in [5.74, 6) is 0.500. The number of rotatable bonds is 4. The van der Waals surface area contributed by atoms with Crippen LogP contribution in [0.15, 0.2) is 12.4 Å². The van der Waals surface area contributed by atoms with Gasteiger partial charge in [0.1, 0.15) is 11.5 Å². The number of amides is 1. The highest BCUT2D eigenvalue weighted by molar-refractivity contribution is 5.92. The molecule has 1 saturated heterocycles. The first-order valence-electron chi connectivity index (χ1n) is 7.01. The van der Waals surface area contributed by atoms with Crippen molar-refractivity contribution in [2.24, 2.45) is 0 Å². The van der Waals surface area contributed by atoms with E-state index < -0.39 is 0 Å². The van der Waals surface area contributed by atoms with Gasteiger partial charge in [0.25, 0.3) is 5.91 Å². The molecule has 0 aliphatic carbocycles. The van der Waals surface area contributed by atoms with Gasteiger partial charge in [-0.1, -0.05) is 0 Å². The third kappa shape index (κ3) is 3.90. The molecule has 1 aliphatic rings. The summed E-state index contributed by atoms with van der Waals surface area (Å²) in [5.41, 5.74) is 0.160. The van der Waals surface area contributed by atoms with Crippen molar-refractivity contribution in [2.45, 2.75) is 45.3 Å². The average molecular weight is 278 g/mol. The van der Waals surface area contributed by atoms with Crippen molar-refractivity contribution in [3.8, 4) is 0 Å². The lowest BCUT2D eigenvalue weighted by atomic mass is 9.94. The van der Waals surface area contributed by atoms with Crippen molar-refractivity contribution in [3.05, 3.63) is 18.1 Å². The zero-order valence-electron chi connectivity index (χ0n) is 12.3. The SMILES string of the molecule is CCNc1cnc(C(=O)NC2CCOC(C)(C)C2)cn1. The second-order valence-corrected chi connectivity index (χ2v) is 5.59. The molecule has 1 aromatic heterocycles. The van der Waals surface area contributed by atoms with Gasteiger partial charge in [-0.25, -0.2) is 9.97 Å². The molecule has 1 atom stereocenters. The second kappa shape index (κ2) is 6.17. The third-order valence-electron chi connectivity index (χ3n) is 3.27. The van der Waals surface area contributed by atoms with Crippen LogP contribution in [0.3, 0.4) is 0 Å². The van der Waals surface area contributed by atoms with E-state index in [2.05, 4.69) is 20.6 Å². The zero-order valence-corrected chi connectivity index (χ0v) is 12.3. The molecule has 1 amide bonds. The summed E-state index contributed by atoms with van der Waals surface area (Å²) >= 11 is 0. The predicted octanol–water partition coefficient (Wildman–Crippen LogP) is 1.60. The van der Waals surface area contributed by atoms with Crippen molar-refractivity contribution in [1.82, 2.24) is 15.3 Å². The highest BCUT2D eigenvalue weighted by Gasteiger charge is 2.29. The molecule has 1 aromatic rings. The molecule has 6 nitrogen and oxygen atoms in total. The average Bonchev–Trinajstić information content (AvgIpc) is 2.38. The van der Waals surface area contributed by atoms with E-state index in [1.807, 2.05) is 20.8 Å². The molecule has 0 saturated carbocycles. The predicted molar refractivity (Wildman–Crippen MR) is 76.7 cm³/mol. The molecule has 2 heterocycles. The summed E-state index contributed by atoms with van der Waals surface area (Å²) in [6.07, 6.45) is 4.71. The van der Waals surface area contributed by atoms with Crippen molar-refractivity contribution in [1.29, 1.82) is 0 Å². The van der Waals surface area contributed by atoms with E-state index in [0.717, 1.165) is 19.4 Å². The summed E-state index contributed by atoms with van der Waals surface area (Å²) in [5, 5.41) is 6.04. The van der Waals surface area contributed by atoms with E-state index in [1.165, 1.54) is 6.20 Å². The van der Waals surface area contributed by atoms with Gasteiger partial charge in [-0.15, -0.1) is 0 Å². The summed E-state index contributed by atoms with van der Waals surface area (Å²) in [7, 11) is 0. The maximum absolute atomic E-state index is 12.1. The lowest BCUT2D eigenvalue weighted by Gasteiger charge is -2.35. The first-order valence-corrected chi connectivity index (χ1v) is 7.01. The van der Waals surface area contributed by atoms with Gasteiger partial charge in [-0.2, -0.15) is 0 Å². The Kier molecular flexibility index (Phi) is 4.54. The van der Waals surface area contributed by atoms with Gasteiger partial charge in [0.2, 0.25) is 0 Å². The largest absolute Gasteiger partial charge is 0.375 e. The normalized spacial score (nSPS) is 21.2. The molecule has 2 rings (SSSR count). The molecule has 0 bridgehead atoms. The number of hydrogen-bond donors (Lipinski definition) is 2. The first kappa shape index (κ1) is 14.7. The smallest absolute Gasteiger partial charge is 0.271 e. The van der Waals surface area contributed by atoms with Gasteiger partial charge in [-0.05, 0) is 33.6 Å². The van der Waals surface area contributed by atoms with Crippen LogP contribution in [0, 0.1) is 0 Å². The minimum Gasteiger partial charge on any atom is -0.375 e. The Morgan fingerprint density at radius 3 is 2.85 bits per heavy atom. The molecular formula is C14H22N4O2. The van der Waals surface area contributed by atoms with Crippen LogP contribution in [0.4, 0.5) is 5.82 Å². The zero-order chi connectivity index (χ0) is 14.6. The fourth-order valence-corrected chi connectivity index (χ4v) is 2.33. The Bertz CT molecular complexity index is 459. The summed E-state index contributed by atoms with van der Waals surface area (Å²) in [6.45, 7) is 7.50. The molecule has 2 N–H and O–H groups in total. The standard InChI is InChI=1S/C14H22N4O2/c1-4-15-12-9-16-11(8-17-12)13(19)18-10-5-6-20-14(2,3)7-10/h8-10H,4-7H2,1-3H3,(H,15,17)(H,18,19). The molecule has 0 spiro atoms. The minimum atomic E-state index is -0.184. The molecule has 1 fully saturated rings. The Labute approximate surface area is 119 Å². The molecule has 6 heteroatoms. The third-order valence-corrected chi connectivity index (χ3v) is 3.27. The molecule has 1 unspecified atom stereocenters. The lowest BCUT2D eigenvalue weighted by Crippen LogP contribution is -2.46. The highest BCUT2D eigenvalue weighted by atomic mass is 16.5. The monoisotopic (exact) mass is 278 g/mol. The Hall–Kier alpha value is -1.69. The Morgan fingerprint density at radius 1 is 1.45 bits per heavy atom. The molecular weight excluding hydrogens is 256 g/mol. The van der Waals surface area contributed by atoms with Gasteiger partial charge >= 0.3 is 0 Å². The van der Waals surface area contributed by atoms with E-state index in [4.69, 9.17) is 4.74 Å². The van der Waals surface area contributed by atoms with Crippen LogP contribution in [-0.4, -0.2) is 40.7 Å². The number of carbonyl (C=O) groups is 1. The van der Waals surface area contributed by atoms with Crippen LogP contribution >= 0.6 is 0 Å². The van der Waals surface area contributed by atoms with E-state index in [1.54, 1.807) is 6.20 Å². The van der Waals surface area contributed by atoms with Crippen molar-refractivity contribution >= 4 is 11.7 Å². The van der Waals surface area contributed by atoms with Gasteiger partial charge < -0.3 is 15.4 Å². The van der Waals surface area contributed by atoms with Gasteiger partial charge in [0, 0.05) is 19.2 Å². The number of nitrogens with zero attached hydrogens (tertiary/aromatic N) is 2. The topological polar surface area (TPSA) is 76.1 Å². The number of aromatic nitrogens is 2. The number of hydrogen-bond acceptors (Lipinski definition) is 5. The van der Waals surface area contributed by atoms with Gasteiger partial charge in [0.05, 0.1) is 18.0 Å². The minimum absolute atomic E-state index is 0.126. The number of nitrogens with one attached hydrogen (secondary N) is 2. The van der Waals surface area contributed by atoms with Crippen LogP contribution in [0.25, 0.3) is 0 Å². The maximum atomic E-state index is 12.1. The lowest BCUT2D eigenvalue weighted by molar-refractivity contribution is -0.0615. The maximum Gasteiger partial charge on any atom is 0.271 e. The number of anilines is 1.